The van der Waals surface area contributed by atoms with E-state index in [9.17, 15) is 34.8 Å². The molecule has 0 N–H and O–H groups in total. The van der Waals surface area contributed by atoms with Gasteiger partial charge in [-0.15, -0.1) is 0 Å². The molecule has 1 rings (SSSR count). The SMILES string of the molecule is CCCCC[C@@H]1C(=O)CC[C@@](C)(S(=O)(=O)C(F)(F)F)S1(=O)=O. The molecule has 1 aliphatic rings. The highest BCUT2D eigenvalue weighted by atomic mass is 32.3. The van der Waals surface area contributed by atoms with Crippen molar-refractivity contribution in [2.75, 3.05) is 0 Å². The molecule has 1 heterocycles. The molecule has 0 radical (unpaired) electrons. The van der Waals surface area contributed by atoms with E-state index in [1.807, 2.05) is 6.92 Å². The van der Waals surface area contributed by atoms with E-state index < -0.39 is 53.1 Å². The summed E-state index contributed by atoms with van der Waals surface area (Å²) in [5, 5.41) is -1.67. The third-order valence-electron chi connectivity index (χ3n) is 4.10. The molecule has 22 heavy (non-hydrogen) atoms. The van der Waals surface area contributed by atoms with Gasteiger partial charge in [-0.2, -0.15) is 13.2 Å². The van der Waals surface area contributed by atoms with Crippen LogP contribution in [0.5, 0.6) is 0 Å². The van der Waals surface area contributed by atoms with E-state index in [4.69, 9.17) is 0 Å². The maximum atomic E-state index is 12.8. The summed E-state index contributed by atoms with van der Waals surface area (Å²) in [6.07, 6.45) is 0.204. The number of unbranched alkanes of at least 4 members (excludes halogenated alkanes) is 2. The number of halogens is 3. The first-order valence-electron chi connectivity index (χ1n) is 6.90. The highest BCUT2D eigenvalue weighted by Crippen LogP contribution is 2.45. The first-order chi connectivity index (χ1) is 9.83. The highest BCUT2D eigenvalue weighted by molar-refractivity contribution is 8.11. The Morgan fingerprint density at radius 3 is 2.27 bits per heavy atom. The molecular weight excluding hydrogens is 345 g/mol. The number of carbonyl (C=O) groups excluding carboxylic acids is 1. The largest absolute Gasteiger partial charge is 0.498 e. The zero-order valence-electron chi connectivity index (χ0n) is 12.3. The molecule has 10 heteroatoms. The van der Waals surface area contributed by atoms with Crippen molar-refractivity contribution in [2.45, 2.75) is 67.2 Å². The van der Waals surface area contributed by atoms with Gasteiger partial charge in [0.15, 0.2) is 19.7 Å². The van der Waals surface area contributed by atoms with Gasteiger partial charge < -0.3 is 0 Å². The van der Waals surface area contributed by atoms with Crippen molar-refractivity contribution in [3.63, 3.8) is 0 Å². The summed E-state index contributed by atoms with van der Waals surface area (Å²) in [5.74, 6) is -0.703. The van der Waals surface area contributed by atoms with Crippen LogP contribution in [0.1, 0.15) is 52.4 Å². The summed E-state index contributed by atoms with van der Waals surface area (Å²) in [4.78, 5) is 11.8. The van der Waals surface area contributed by atoms with E-state index in [1.54, 1.807) is 0 Å². The topological polar surface area (TPSA) is 85.3 Å². The number of Topliss-reactive ketones (excluding diaryl/α,β-unsaturated/α-hetero) is 1. The van der Waals surface area contributed by atoms with Crippen molar-refractivity contribution in [1.82, 2.24) is 0 Å². The Labute approximate surface area is 128 Å². The molecule has 0 aromatic rings. The predicted molar refractivity (Wildman–Crippen MR) is 74.5 cm³/mol. The Kier molecular flexibility index (Phi) is 5.38. The van der Waals surface area contributed by atoms with E-state index in [2.05, 4.69) is 0 Å². The molecule has 1 fully saturated rings. The van der Waals surface area contributed by atoms with E-state index in [0.29, 0.717) is 19.8 Å². The summed E-state index contributed by atoms with van der Waals surface area (Å²) in [5.41, 5.74) is -5.68. The smallest absolute Gasteiger partial charge is 0.298 e. The van der Waals surface area contributed by atoms with Gasteiger partial charge in [0.1, 0.15) is 5.25 Å². The number of hydrogen-bond donors (Lipinski definition) is 0. The predicted octanol–water partition coefficient (Wildman–Crippen LogP) is 2.36. The number of sulfone groups is 2. The number of hydrogen-bond acceptors (Lipinski definition) is 5. The molecule has 0 amide bonds. The van der Waals surface area contributed by atoms with Crippen LogP contribution in [0.2, 0.25) is 0 Å². The molecule has 5 nitrogen and oxygen atoms in total. The lowest BCUT2D eigenvalue weighted by Crippen LogP contribution is -2.57. The van der Waals surface area contributed by atoms with Gasteiger partial charge in [0, 0.05) is 6.42 Å². The summed E-state index contributed by atoms with van der Waals surface area (Å²) < 4.78 is 83.7. The molecule has 2 atom stereocenters. The zero-order valence-corrected chi connectivity index (χ0v) is 13.9. The number of alkyl halides is 3. The number of ketones is 1. The Bertz CT molecular complexity index is 636. The number of carbonyl (C=O) groups is 1. The lowest BCUT2D eigenvalue weighted by atomic mass is 10.0. The van der Waals surface area contributed by atoms with Gasteiger partial charge in [0.25, 0.3) is 9.84 Å². The molecular formula is C12H19F3O5S2. The third kappa shape index (κ3) is 2.91. The third-order valence-corrected chi connectivity index (χ3v) is 10.1. The molecule has 1 aliphatic heterocycles. The Morgan fingerprint density at radius 1 is 1.27 bits per heavy atom. The Morgan fingerprint density at radius 2 is 1.82 bits per heavy atom. The summed E-state index contributed by atoms with van der Waals surface area (Å²) in [6.45, 7) is 2.40. The van der Waals surface area contributed by atoms with Crippen LogP contribution in [0.25, 0.3) is 0 Å². The Hall–Kier alpha value is -0.640. The Balaban J connectivity index is 3.32. The normalized spacial score (nSPS) is 29.5. The van der Waals surface area contributed by atoms with Gasteiger partial charge in [0.05, 0.1) is 0 Å². The molecule has 0 saturated carbocycles. The van der Waals surface area contributed by atoms with E-state index in [0.717, 1.165) is 6.42 Å². The van der Waals surface area contributed by atoms with E-state index >= 15 is 0 Å². The van der Waals surface area contributed by atoms with Crippen LogP contribution in [0.3, 0.4) is 0 Å². The molecule has 0 unspecified atom stereocenters. The van der Waals surface area contributed by atoms with Crippen LogP contribution in [0, 0.1) is 0 Å². The second kappa shape index (κ2) is 6.10. The van der Waals surface area contributed by atoms with Crippen LogP contribution in [-0.4, -0.2) is 37.5 Å². The molecule has 0 spiro atoms. The maximum Gasteiger partial charge on any atom is 0.498 e. The van der Waals surface area contributed by atoms with Crippen LogP contribution >= 0.6 is 0 Å². The minimum Gasteiger partial charge on any atom is -0.298 e. The monoisotopic (exact) mass is 364 g/mol. The average molecular weight is 364 g/mol. The average Bonchev–Trinajstić information content (AvgIpc) is 2.37. The minimum absolute atomic E-state index is 0.141. The van der Waals surface area contributed by atoms with Gasteiger partial charge >= 0.3 is 5.51 Å². The quantitative estimate of drug-likeness (QED) is 0.699. The molecule has 0 aromatic carbocycles. The maximum absolute atomic E-state index is 12.8. The van der Waals surface area contributed by atoms with Crippen LogP contribution in [0.4, 0.5) is 13.2 Å². The summed E-state index contributed by atoms with van der Waals surface area (Å²) >= 11 is 0. The fourth-order valence-corrected chi connectivity index (χ4v) is 7.20. The van der Waals surface area contributed by atoms with Crippen molar-refractivity contribution in [1.29, 1.82) is 0 Å². The molecule has 130 valence electrons. The molecule has 1 saturated heterocycles. The molecule has 0 bridgehead atoms. The second-order valence-electron chi connectivity index (χ2n) is 5.58. The molecule has 0 aromatic heterocycles. The minimum atomic E-state index is -5.93. The lowest BCUT2D eigenvalue weighted by molar-refractivity contribution is -0.119. The van der Waals surface area contributed by atoms with Gasteiger partial charge in [-0.1, -0.05) is 26.2 Å². The van der Waals surface area contributed by atoms with Crippen molar-refractivity contribution >= 4 is 25.5 Å². The van der Waals surface area contributed by atoms with Crippen molar-refractivity contribution in [3.05, 3.63) is 0 Å². The summed E-state index contributed by atoms with van der Waals surface area (Å²) in [6, 6.07) is 0. The first-order valence-corrected chi connectivity index (χ1v) is 9.93. The second-order valence-corrected chi connectivity index (χ2v) is 10.8. The van der Waals surface area contributed by atoms with Gasteiger partial charge in [-0.05, 0) is 19.8 Å². The van der Waals surface area contributed by atoms with Crippen LogP contribution in [-0.2, 0) is 24.5 Å². The van der Waals surface area contributed by atoms with Gasteiger partial charge in [-0.3, -0.25) is 4.79 Å². The van der Waals surface area contributed by atoms with E-state index in [1.165, 1.54) is 0 Å². The van der Waals surface area contributed by atoms with Gasteiger partial charge in [-0.25, -0.2) is 16.8 Å². The lowest BCUT2D eigenvalue weighted by Gasteiger charge is -2.36. The van der Waals surface area contributed by atoms with Crippen molar-refractivity contribution < 1.29 is 34.8 Å². The zero-order chi connectivity index (χ0) is 17.4. The van der Waals surface area contributed by atoms with Gasteiger partial charge in [0.2, 0.25) is 0 Å². The summed E-state index contributed by atoms with van der Waals surface area (Å²) in [7, 11) is -10.7. The van der Waals surface area contributed by atoms with Crippen LogP contribution in [0.15, 0.2) is 0 Å². The van der Waals surface area contributed by atoms with Crippen molar-refractivity contribution in [3.8, 4) is 0 Å². The first kappa shape index (κ1) is 19.4. The van der Waals surface area contributed by atoms with Crippen molar-refractivity contribution in [2.24, 2.45) is 0 Å². The standard InChI is InChI=1S/C12H19F3O5S2/c1-3-4-5-6-10-9(16)7-8-11(2,21(10,17)18)22(19,20)12(13,14)15/h10H,3-8H2,1-2H3/t10-,11-/m1/s1. The van der Waals surface area contributed by atoms with E-state index in [-0.39, 0.29) is 6.42 Å². The fourth-order valence-electron chi connectivity index (χ4n) is 2.56. The fraction of sp³-hybridized carbons (Fsp3) is 0.917. The molecule has 0 aliphatic carbocycles. The number of rotatable bonds is 5. The highest BCUT2D eigenvalue weighted by Gasteiger charge is 2.66. The van der Waals surface area contributed by atoms with Crippen LogP contribution < -0.4 is 0 Å².